The number of aliphatic hydroxyl groups excluding tert-OH is 1. The van der Waals surface area contributed by atoms with Crippen molar-refractivity contribution < 1.29 is 9.84 Å². The van der Waals surface area contributed by atoms with Crippen LogP contribution in [0.1, 0.15) is 31.2 Å². The van der Waals surface area contributed by atoms with Gasteiger partial charge in [0.15, 0.2) is 5.65 Å². The molecule has 3 N–H and O–H groups in total. The highest BCUT2D eigenvalue weighted by Crippen LogP contribution is 2.43. The predicted molar refractivity (Wildman–Crippen MR) is 132 cm³/mol. The van der Waals surface area contributed by atoms with E-state index in [1.165, 1.54) is 11.8 Å². The van der Waals surface area contributed by atoms with E-state index >= 15 is 0 Å². The van der Waals surface area contributed by atoms with E-state index < -0.39 is 0 Å². The zero-order valence-corrected chi connectivity index (χ0v) is 20.9. The number of fused-ring (bicyclic) bond motifs is 1. The summed E-state index contributed by atoms with van der Waals surface area (Å²) in [4.78, 5) is 13.5. The monoisotopic (exact) mass is 507 g/mol. The molecule has 0 aliphatic carbocycles. The molecule has 2 aliphatic rings. The van der Waals surface area contributed by atoms with Crippen LogP contribution in [-0.4, -0.2) is 51.3 Å². The van der Waals surface area contributed by atoms with Crippen LogP contribution in [0.25, 0.3) is 5.65 Å². The number of nitrogens with zero attached hydrogens (tertiary/aromatic N) is 4. The summed E-state index contributed by atoms with van der Waals surface area (Å²) in [5.74, 6) is 0.784. The summed E-state index contributed by atoms with van der Waals surface area (Å²) in [6, 6.07) is 5.56. The lowest BCUT2D eigenvalue weighted by Gasteiger charge is -2.41. The summed E-state index contributed by atoms with van der Waals surface area (Å²) in [6.07, 6.45) is 3.96. The first-order valence-electron chi connectivity index (χ1n) is 11.1. The van der Waals surface area contributed by atoms with Gasteiger partial charge in [0.2, 0.25) is 5.95 Å². The van der Waals surface area contributed by atoms with Gasteiger partial charge in [-0.05, 0) is 38.8 Å². The number of nitrogens with two attached hydrogens (primary N) is 1. The Labute approximate surface area is 207 Å². The van der Waals surface area contributed by atoms with Gasteiger partial charge in [0, 0.05) is 35.6 Å². The van der Waals surface area contributed by atoms with Crippen LogP contribution in [-0.2, 0) is 11.3 Å². The van der Waals surface area contributed by atoms with Crippen LogP contribution in [0.5, 0.6) is 0 Å². The molecular formula is C23H27Cl2N5O2S. The highest BCUT2D eigenvalue weighted by Gasteiger charge is 2.47. The second-order valence-electron chi connectivity index (χ2n) is 8.97. The Balaban J connectivity index is 1.51. The van der Waals surface area contributed by atoms with Gasteiger partial charge in [-0.25, -0.2) is 9.97 Å². The fraction of sp³-hybridized carbons (Fsp3) is 0.478. The Kier molecular flexibility index (Phi) is 6.26. The normalized spacial score (nSPS) is 22.5. The van der Waals surface area contributed by atoms with E-state index in [-0.39, 0.29) is 24.2 Å². The van der Waals surface area contributed by atoms with E-state index in [1.807, 2.05) is 29.7 Å². The molecule has 1 spiro atoms. The van der Waals surface area contributed by atoms with Crippen LogP contribution in [0.15, 0.2) is 34.2 Å². The lowest BCUT2D eigenvalue weighted by molar-refractivity contribution is 0.0973. The molecule has 7 nitrogen and oxygen atoms in total. The van der Waals surface area contributed by atoms with Crippen LogP contribution >= 0.6 is 35.0 Å². The minimum absolute atomic E-state index is 0.0266. The summed E-state index contributed by atoms with van der Waals surface area (Å²) in [7, 11) is 0. The maximum Gasteiger partial charge on any atom is 0.211 e. The second kappa shape index (κ2) is 8.91. The third kappa shape index (κ3) is 4.00. The third-order valence-electron chi connectivity index (χ3n) is 6.91. The first-order chi connectivity index (χ1) is 15.8. The first kappa shape index (κ1) is 23.2. The van der Waals surface area contributed by atoms with Gasteiger partial charge in [-0.3, -0.25) is 4.40 Å². The quantitative estimate of drug-likeness (QED) is 0.543. The number of hydrogen-bond acceptors (Lipinski definition) is 7. The number of aliphatic hydroxyl groups is 1. The maximum absolute atomic E-state index is 10.2. The van der Waals surface area contributed by atoms with Gasteiger partial charge < -0.3 is 20.5 Å². The fourth-order valence-corrected chi connectivity index (χ4v) is 6.40. The van der Waals surface area contributed by atoms with Gasteiger partial charge >= 0.3 is 0 Å². The predicted octanol–water partition coefficient (Wildman–Crippen LogP) is 4.32. The van der Waals surface area contributed by atoms with Gasteiger partial charge in [0.1, 0.15) is 0 Å². The number of anilines is 1. The molecule has 0 radical (unpaired) electrons. The largest absolute Gasteiger partial charge is 0.390 e. The van der Waals surface area contributed by atoms with E-state index in [1.54, 1.807) is 6.07 Å². The third-order valence-corrected chi connectivity index (χ3v) is 9.02. The Morgan fingerprint density at radius 2 is 2.03 bits per heavy atom. The lowest BCUT2D eigenvalue weighted by Crippen LogP contribution is -2.51. The van der Waals surface area contributed by atoms with Gasteiger partial charge in [-0.1, -0.05) is 41.0 Å². The highest BCUT2D eigenvalue weighted by molar-refractivity contribution is 7.99. The van der Waals surface area contributed by atoms with Gasteiger partial charge in [0.25, 0.3) is 0 Å². The average molecular weight is 508 g/mol. The molecule has 2 aliphatic heterocycles. The van der Waals surface area contributed by atoms with E-state index in [4.69, 9.17) is 43.6 Å². The highest BCUT2D eigenvalue weighted by atomic mass is 35.5. The average Bonchev–Trinajstić information content (AvgIpc) is 3.33. The van der Waals surface area contributed by atoms with Crippen molar-refractivity contribution in [2.24, 2.45) is 11.1 Å². The van der Waals surface area contributed by atoms with Gasteiger partial charge in [-0.2, -0.15) is 0 Å². The van der Waals surface area contributed by atoms with E-state index in [2.05, 4.69) is 11.8 Å². The number of rotatable bonds is 4. The number of piperidine rings is 1. The minimum atomic E-state index is -0.204. The summed E-state index contributed by atoms with van der Waals surface area (Å²) < 4.78 is 7.88. The molecule has 10 heteroatoms. The Morgan fingerprint density at radius 3 is 2.70 bits per heavy atom. The molecule has 0 saturated carbocycles. The van der Waals surface area contributed by atoms with Gasteiger partial charge in [0.05, 0.1) is 45.6 Å². The molecule has 1 aromatic carbocycles. The Morgan fingerprint density at radius 1 is 1.27 bits per heavy atom. The van der Waals surface area contributed by atoms with Crippen molar-refractivity contribution >= 4 is 46.6 Å². The Hall–Kier alpha value is -1.55. The minimum Gasteiger partial charge on any atom is -0.390 e. The summed E-state index contributed by atoms with van der Waals surface area (Å²) >= 11 is 14.1. The zero-order chi connectivity index (χ0) is 23.3. The number of imidazole rings is 1. The lowest BCUT2D eigenvalue weighted by atomic mass is 9.73. The molecule has 3 aromatic rings. The van der Waals surface area contributed by atoms with Crippen LogP contribution in [0.4, 0.5) is 5.95 Å². The van der Waals surface area contributed by atoms with Gasteiger partial charge in [-0.15, -0.1) is 0 Å². The van der Waals surface area contributed by atoms with E-state index in [9.17, 15) is 5.11 Å². The molecular weight excluding hydrogens is 481 g/mol. The fourth-order valence-electron chi connectivity index (χ4n) is 4.90. The van der Waals surface area contributed by atoms with Crippen molar-refractivity contribution in [2.45, 2.75) is 55.2 Å². The molecule has 2 atom stereocenters. The van der Waals surface area contributed by atoms with Crippen molar-refractivity contribution in [3.63, 3.8) is 0 Å². The van der Waals surface area contributed by atoms with E-state index in [0.717, 1.165) is 53.0 Å². The molecule has 0 amide bonds. The number of benzene rings is 1. The smallest absolute Gasteiger partial charge is 0.211 e. The maximum atomic E-state index is 10.2. The summed E-state index contributed by atoms with van der Waals surface area (Å²) in [5.41, 5.74) is 8.72. The van der Waals surface area contributed by atoms with Crippen molar-refractivity contribution in [2.75, 3.05) is 24.6 Å². The van der Waals surface area contributed by atoms with E-state index in [0.29, 0.717) is 22.3 Å². The molecule has 33 heavy (non-hydrogen) atoms. The standard InChI is InChI=1S/C23H27Cl2N5O2S/c1-13-10-30-21(27-13)19(33-17-5-3-4-15(24)18(17)25)16(11-31)28-22(30)29-8-6-23(7-9-29)12-32-14(2)20(23)26/h3-5,10,14,20,31H,6-9,11-12,26H2,1-2H3. The molecule has 2 unspecified atom stereocenters. The molecule has 2 aromatic heterocycles. The van der Waals surface area contributed by atoms with Crippen molar-refractivity contribution in [1.82, 2.24) is 14.4 Å². The molecule has 2 saturated heterocycles. The van der Waals surface area contributed by atoms with Crippen LogP contribution < -0.4 is 10.6 Å². The number of aromatic nitrogens is 3. The number of hydrogen-bond donors (Lipinski definition) is 2. The molecule has 5 rings (SSSR count). The molecule has 4 heterocycles. The van der Waals surface area contributed by atoms with Crippen molar-refractivity contribution in [3.8, 4) is 0 Å². The number of aryl methyl sites for hydroxylation is 1. The molecule has 176 valence electrons. The topological polar surface area (TPSA) is 88.9 Å². The summed E-state index contributed by atoms with van der Waals surface area (Å²) in [5, 5.41) is 11.2. The second-order valence-corrected chi connectivity index (χ2v) is 10.8. The molecule has 2 fully saturated rings. The first-order valence-corrected chi connectivity index (χ1v) is 12.6. The molecule has 0 bridgehead atoms. The zero-order valence-electron chi connectivity index (χ0n) is 18.6. The Bertz CT molecular complexity index is 1200. The van der Waals surface area contributed by atoms with Crippen molar-refractivity contribution in [1.29, 1.82) is 0 Å². The van der Waals surface area contributed by atoms with Crippen LogP contribution in [0, 0.1) is 12.3 Å². The number of ether oxygens (including phenoxy) is 1. The van der Waals surface area contributed by atoms with Crippen LogP contribution in [0.3, 0.4) is 0 Å². The van der Waals surface area contributed by atoms with Crippen molar-refractivity contribution in [3.05, 3.63) is 45.8 Å². The number of halogens is 2. The summed E-state index contributed by atoms with van der Waals surface area (Å²) in [6.45, 7) is 6.16. The SMILES string of the molecule is Cc1cn2c(N3CCC4(CC3)COC(C)C4N)nc(CO)c(Sc3cccc(Cl)c3Cl)c2n1. The van der Waals surface area contributed by atoms with Crippen LogP contribution in [0.2, 0.25) is 10.0 Å².